The maximum Gasteiger partial charge on any atom is 0.122 e. The van der Waals surface area contributed by atoms with Gasteiger partial charge in [0, 0.05) is 12.0 Å². The summed E-state index contributed by atoms with van der Waals surface area (Å²) in [5.41, 5.74) is 6.19. The van der Waals surface area contributed by atoms with Crippen LogP contribution >= 0.6 is 0 Å². The zero-order valence-corrected chi connectivity index (χ0v) is 8.33. The van der Waals surface area contributed by atoms with Gasteiger partial charge in [0.25, 0.3) is 0 Å². The van der Waals surface area contributed by atoms with Crippen LogP contribution in [0.1, 0.15) is 5.56 Å². The van der Waals surface area contributed by atoms with E-state index in [4.69, 9.17) is 20.6 Å². The number of rotatable bonds is 4. The van der Waals surface area contributed by atoms with E-state index >= 15 is 0 Å². The summed E-state index contributed by atoms with van der Waals surface area (Å²) in [4.78, 5) is 0. The molecular weight excluding hydrogens is 180 g/mol. The molecule has 0 atom stereocenters. The molecule has 4 heteroatoms. The van der Waals surface area contributed by atoms with Crippen molar-refractivity contribution in [1.29, 1.82) is 5.41 Å². The molecule has 4 nitrogen and oxygen atoms in total. The Morgan fingerprint density at radius 1 is 1.36 bits per heavy atom. The quantitative estimate of drug-likeness (QED) is 0.558. The van der Waals surface area contributed by atoms with Gasteiger partial charge in [-0.2, -0.15) is 0 Å². The average Bonchev–Trinajstić information content (AvgIpc) is 2.16. The number of benzene rings is 1. The van der Waals surface area contributed by atoms with E-state index in [0.717, 1.165) is 17.1 Å². The van der Waals surface area contributed by atoms with Gasteiger partial charge in [0.15, 0.2) is 0 Å². The average molecular weight is 194 g/mol. The van der Waals surface area contributed by atoms with Crippen LogP contribution < -0.4 is 15.2 Å². The van der Waals surface area contributed by atoms with E-state index in [0.29, 0.717) is 6.42 Å². The zero-order chi connectivity index (χ0) is 10.6. The fourth-order valence-corrected chi connectivity index (χ4v) is 1.23. The minimum Gasteiger partial charge on any atom is -0.497 e. The molecule has 0 saturated carbocycles. The number of nitrogens with one attached hydrogen (secondary N) is 1. The molecule has 0 amide bonds. The van der Waals surface area contributed by atoms with Gasteiger partial charge in [0.05, 0.1) is 20.1 Å². The van der Waals surface area contributed by atoms with Crippen molar-refractivity contribution in [3.63, 3.8) is 0 Å². The first-order valence-corrected chi connectivity index (χ1v) is 4.21. The lowest BCUT2D eigenvalue weighted by atomic mass is 10.1. The first kappa shape index (κ1) is 10.4. The summed E-state index contributed by atoms with van der Waals surface area (Å²) in [6.07, 6.45) is 0.375. The van der Waals surface area contributed by atoms with Crippen molar-refractivity contribution in [2.75, 3.05) is 14.2 Å². The predicted octanol–water partition coefficient (Wildman–Crippen LogP) is 1.18. The number of methoxy groups -OCH3 is 2. The van der Waals surface area contributed by atoms with E-state index in [-0.39, 0.29) is 5.84 Å². The molecule has 0 aliphatic heterocycles. The Kier molecular flexibility index (Phi) is 3.34. The molecule has 0 unspecified atom stereocenters. The van der Waals surface area contributed by atoms with Crippen LogP contribution in [0.25, 0.3) is 0 Å². The first-order valence-electron chi connectivity index (χ1n) is 4.21. The smallest absolute Gasteiger partial charge is 0.122 e. The minimum atomic E-state index is 0.108. The van der Waals surface area contributed by atoms with E-state index < -0.39 is 0 Å². The van der Waals surface area contributed by atoms with Gasteiger partial charge < -0.3 is 15.2 Å². The second-order valence-corrected chi connectivity index (χ2v) is 2.88. The Balaban J connectivity index is 3.01. The van der Waals surface area contributed by atoms with Crippen LogP contribution in [0.4, 0.5) is 0 Å². The van der Waals surface area contributed by atoms with Gasteiger partial charge in [0.1, 0.15) is 11.5 Å². The summed E-state index contributed by atoms with van der Waals surface area (Å²) in [6, 6.07) is 5.43. The lowest BCUT2D eigenvalue weighted by Gasteiger charge is -2.09. The molecule has 0 spiro atoms. The molecule has 1 rings (SSSR count). The molecule has 0 aliphatic rings. The molecule has 14 heavy (non-hydrogen) atoms. The van der Waals surface area contributed by atoms with E-state index in [9.17, 15) is 0 Å². The summed E-state index contributed by atoms with van der Waals surface area (Å²) in [7, 11) is 3.19. The van der Waals surface area contributed by atoms with Crippen molar-refractivity contribution in [3.05, 3.63) is 23.8 Å². The second kappa shape index (κ2) is 4.50. The van der Waals surface area contributed by atoms with Gasteiger partial charge in [-0.1, -0.05) is 0 Å². The molecule has 0 aromatic heterocycles. The molecule has 0 fully saturated rings. The number of amidine groups is 1. The summed E-state index contributed by atoms with van der Waals surface area (Å²) in [5.74, 6) is 1.57. The summed E-state index contributed by atoms with van der Waals surface area (Å²) in [6.45, 7) is 0. The zero-order valence-electron chi connectivity index (χ0n) is 8.33. The topological polar surface area (TPSA) is 68.3 Å². The number of ether oxygens (including phenoxy) is 2. The van der Waals surface area contributed by atoms with Crippen LogP contribution in [0.15, 0.2) is 18.2 Å². The largest absolute Gasteiger partial charge is 0.497 e. The van der Waals surface area contributed by atoms with Crippen molar-refractivity contribution < 1.29 is 9.47 Å². The van der Waals surface area contributed by atoms with Crippen LogP contribution in [-0.4, -0.2) is 20.1 Å². The van der Waals surface area contributed by atoms with Gasteiger partial charge in [-0.05, 0) is 18.2 Å². The van der Waals surface area contributed by atoms with Gasteiger partial charge in [-0.15, -0.1) is 0 Å². The van der Waals surface area contributed by atoms with Crippen molar-refractivity contribution >= 4 is 5.84 Å². The Morgan fingerprint density at radius 2 is 2.07 bits per heavy atom. The van der Waals surface area contributed by atoms with Gasteiger partial charge in [-0.3, -0.25) is 5.41 Å². The second-order valence-electron chi connectivity index (χ2n) is 2.88. The van der Waals surface area contributed by atoms with E-state index in [1.165, 1.54) is 0 Å². The highest BCUT2D eigenvalue weighted by Crippen LogP contribution is 2.24. The van der Waals surface area contributed by atoms with Crippen LogP contribution in [0, 0.1) is 5.41 Å². The maximum absolute atomic E-state index is 7.21. The third-order valence-corrected chi connectivity index (χ3v) is 1.87. The van der Waals surface area contributed by atoms with E-state index in [1.807, 2.05) is 12.1 Å². The molecule has 1 aromatic carbocycles. The molecule has 76 valence electrons. The normalized spacial score (nSPS) is 9.57. The van der Waals surface area contributed by atoms with Crippen LogP contribution in [0.5, 0.6) is 11.5 Å². The van der Waals surface area contributed by atoms with Crippen LogP contribution in [-0.2, 0) is 6.42 Å². The van der Waals surface area contributed by atoms with Crippen molar-refractivity contribution in [3.8, 4) is 11.5 Å². The third kappa shape index (κ3) is 2.39. The summed E-state index contributed by atoms with van der Waals surface area (Å²) >= 11 is 0. The monoisotopic (exact) mass is 194 g/mol. The van der Waals surface area contributed by atoms with Crippen LogP contribution in [0.3, 0.4) is 0 Å². The lowest BCUT2D eigenvalue weighted by Crippen LogP contribution is -2.13. The number of hydrogen-bond donors (Lipinski definition) is 2. The van der Waals surface area contributed by atoms with Crippen molar-refractivity contribution in [2.45, 2.75) is 6.42 Å². The highest BCUT2D eigenvalue weighted by molar-refractivity contribution is 5.80. The maximum atomic E-state index is 7.21. The minimum absolute atomic E-state index is 0.108. The molecule has 3 N–H and O–H groups in total. The Morgan fingerprint density at radius 3 is 2.57 bits per heavy atom. The SMILES string of the molecule is COc1ccc(OC)c(CC(=N)N)c1. The molecule has 0 radical (unpaired) electrons. The standard InChI is InChI=1S/C10H14N2O2/c1-13-8-3-4-9(14-2)7(5-8)6-10(11)12/h3-5H,6H2,1-2H3,(H3,11,12). The summed E-state index contributed by atoms with van der Waals surface area (Å²) < 4.78 is 10.2. The summed E-state index contributed by atoms with van der Waals surface area (Å²) in [5, 5.41) is 7.21. The van der Waals surface area contributed by atoms with Gasteiger partial charge >= 0.3 is 0 Å². The van der Waals surface area contributed by atoms with Gasteiger partial charge in [-0.25, -0.2) is 0 Å². The highest BCUT2D eigenvalue weighted by Gasteiger charge is 2.05. The molecule has 0 saturated heterocycles. The highest BCUT2D eigenvalue weighted by atomic mass is 16.5. The van der Waals surface area contributed by atoms with Crippen molar-refractivity contribution in [2.24, 2.45) is 5.73 Å². The fourth-order valence-electron chi connectivity index (χ4n) is 1.23. The Bertz CT molecular complexity index is 337. The Hall–Kier alpha value is -1.71. The number of hydrogen-bond acceptors (Lipinski definition) is 3. The third-order valence-electron chi connectivity index (χ3n) is 1.87. The predicted molar refractivity (Wildman–Crippen MR) is 55.2 cm³/mol. The van der Waals surface area contributed by atoms with Gasteiger partial charge in [0.2, 0.25) is 0 Å². The first-order chi connectivity index (χ1) is 6.67. The molecule has 0 aliphatic carbocycles. The van der Waals surface area contributed by atoms with Crippen LogP contribution in [0.2, 0.25) is 0 Å². The van der Waals surface area contributed by atoms with Crippen molar-refractivity contribution in [1.82, 2.24) is 0 Å². The van der Waals surface area contributed by atoms with E-state index in [1.54, 1.807) is 20.3 Å². The Labute approximate surface area is 83.1 Å². The molecular formula is C10H14N2O2. The molecule has 0 bridgehead atoms. The lowest BCUT2D eigenvalue weighted by molar-refractivity contribution is 0.400. The molecule has 0 heterocycles. The molecule has 1 aromatic rings. The van der Waals surface area contributed by atoms with E-state index in [2.05, 4.69) is 0 Å². The fraction of sp³-hybridized carbons (Fsp3) is 0.300. The number of nitrogens with two attached hydrogens (primary N) is 1.